The second-order valence-electron chi connectivity index (χ2n) is 9.24. The predicted octanol–water partition coefficient (Wildman–Crippen LogP) is 3.17. The lowest BCUT2D eigenvalue weighted by Crippen LogP contribution is -2.33. The van der Waals surface area contributed by atoms with Gasteiger partial charge in [0.05, 0.1) is 4.90 Å². The van der Waals surface area contributed by atoms with Crippen LogP contribution in [0, 0.1) is 0 Å². The van der Waals surface area contributed by atoms with E-state index in [0.29, 0.717) is 36.8 Å². The summed E-state index contributed by atoms with van der Waals surface area (Å²) in [7, 11) is -3.49. The molecule has 3 aliphatic rings. The summed E-state index contributed by atoms with van der Waals surface area (Å²) in [6, 6.07) is 14.2. The molecule has 2 aromatic rings. The molecule has 1 aliphatic heterocycles. The quantitative estimate of drug-likeness (QED) is 0.646. The summed E-state index contributed by atoms with van der Waals surface area (Å²) in [5, 5.41) is 2.98. The molecule has 0 bridgehead atoms. The molecule has 0 spiro atoms. The Kier molecular flexibility index (Phi) is 5.97. The zero-order valence-electron chi connectivity index (χ0n) is 18.6. The number of nitrogens with zero attached hydrogens (tertiary/aromatic N) is 2. The zero-order chi connectivity index (χ0) is 23.0. The first-order valence-electron chi connectivity index (χ1n) is 11.7. The Bertz CT molecular complexity index is 1130. The van der Waals surface area contributed by atoms with E-state index in [-0.39, 0.29) is 22.8 Å². The van der Waals surface area contributed by atoms with Crippen molar-refractivity contribution in [2.75, 3.05) is 13.1 Å². The molecule has 5 rings (SSSR count). The SMILES string of the molecule is O=C(NC1CC1)c1ccc(CN(C(=O)c2ccc(S(=O)(=O)N3CCCC3)cc2)C2CC2)cc1. The largest absolute Gasteiger partial charge is 0.349 e. The summed E-state index contributed by atoms with van der Waals surface area (Å²) < 4.78 is 27.0. The minimum Gasteiger partial charge on any atom is -0.349 e. The summed E-state index contributed by atoms with van der Waals surface area (Å²) >= 11 is 0. The molecule has 0 aromatic heterocycles. The molecule has 0 atom stereocenters. The van der Waals surface area contributed by atoms with Crippen molar-refractivity contribution >= 4 is 21.8 Å². The Morgan fingerprint density at radius 2 is 1.48 bits per heavy atom. The molecule has 174 valence electrons. The van der Waals surface area contributed by atoms with Crippen molar-refractivity contribution < 1.29 is 18.0 Å². The maximum Gasteiger partial charge on any atom is 0.254 e. The van der Waals surface area contributed by atoms with Crippen molar-refractivity contribution in [2.24, 2.45) is 0 Å². The molecule has 2 saturated carbocycles. The minimum absolute atomic E-state index is 0.0526. The number of rotatable bonds is 8. The second-order valence-corrected chi connectivity index (χ2v) is 11.2. The van der Waals surface area contributed by atoms with E-state index in [1.54, 1.807) is 36.4 Å². The van der Waals surface area contributed by atoms with Crippen LogP contribution in [0.1, 0.15) is 64.8 Å². The predicted molar refractivity (Wildman–Crippen MR) is 124 cm³/mol. The van der Waals surface area contributed by atoms with Crippen molar-refractivity contribution in [1.29, 1.82) is 0 Å². The van der Waals surface area contributed by atoms with E-state index in [0.717, 1.165) is 44.1 Å². The lowest BCUT2D eigenvalue weighted by atomic mass is 10.1. The van der Waals surface area contributed by atoms with Gasteiger partial charge in [0.2, 0.25) is 10.0 Å². The topological polar surface area (TPSA) is 86.8 Å². The standard InChI is InChI=1S/C25H29N3O4S/c29-24(26-21-9-10-21)19-5-3-18(4-6-19)17-28(22-11-12-22)25(30)20-7-13-23(14-8-20)33(31,32)27-15-1-2-16-27/h3-8,13-14,21-22H,1-2,9-12,15-17H2,(H,26,29). The number of carbonyl (C=O) groups is 2. The number of carbonyl (C=O) groups excluding carboxylic acids is 2. The highest BCUT2D eigenvalue weighted by Gasteiger charge is 2.34. The molecule has 3 fully saturated rings. The molecule has 2 aromatic carbocycles. The van der Waals surface area contributed by atoms with Gasteiger partial charge in [-0.2, -0.15) is 4.31 Å². The second kappa shape index (κ2) is 8.91. The molecule has 2 amide bonds. The lowest BCUT2D eigenvalue weighted by Gasteiger charge is -2.23. The van der Waals surface area contributed by atoms with Gasteiger partial charge >= 0.3 is 0 Å². The summed E-state index contributed by atoms with van der Waals surface area (Å²) in [6.07, 6.45) is 5.81. The van der Waals surface area contributed by atoms with Crippen LogP contribution in [0.4, 0.5) is 0 Å². The van der Waals surface area contributed by atoms with Crippen molar-refractivity contribution in [3.05, 3.63) is 65.2 Å². The molecular weight excluding hydrogens is 438 g/mol. The Hall–Kier alpha value is -2.71. The molecule has 2 aliphatic carbocycles. The number of hydrogen-bond acceptors (Lipinski definition) is 4. The fourth-order valence-electron chi connectivity index (χ4n) is 4.22. The average molecular weight is 468 g/mol. The van der Waals surface area contributed by atoms with E-state index in [2.05, 4.69) is 5.32 Å². The number of sulfonamides is 1. The highest BCUT2D eigenvalue weighted by molar-refractivity contribution is 7.89. The molecule has 0 unspecified atom stereocenters. The number of hydrogen-bond donors (Lipinski definition) is 1. The van der Waals surface area contributed by atoms with E-state index in [1.165, 1.54) is 4.31 Å². The average Bonchev–Trinajstić information content (AvgIpc) is 3.77. The number of benzene rings is 2. The third-order valence-corrected chi connectivity index (χ3v) is 8.45. The van der Waals surface area contributed by atoms with E-state index < -0.39 is 10.0 Å². The Morgan fingerprint density at radius 3 is 2.06 bits per heavy atom. The molecule has 0 radical (unpaired) electrons. The van der Waals surface area contributed by atoms with E-state index in [4.69, 9.17) is 0 Å². The molecule has 1 N–H and O–H groups in total. The van der Waals surface area contributed by atoms with Crippen molar-refractivity contribution in [1.82, 2.24) is 14.5 Å². The summed E-state index contributed by atoms with van der Waals surface area (Å²) in [5.41, 5.74) is 2.08. The first-order valence-corrected chi connectivity index (χ1v) is 13.2. The van der Waals surface area contributed by atoms with E-state index in [1.807, 2.05) is 17.0 Å². The van der Waals surface area contributed by atoms with Crippen LogP contribution < -0.4 is 5.32 Å². The van der Waals surface area contributed by atoms with Crippen molar-refractivity contribution in [3.63, 3.8) is 0 Å². The van der Waals surface area contributed by atoms with Gasteiger partial charge in [-0.05, 0) is 80.5 Å². The Labute approximate surface area is 194 Å². The molecule has 1 saturated heterocycles. The summed E-state index contributed by atoms with van der Waals surface area (Å²) in [4.78, 5) is 27.5. The van der Waals surface area contributed by atoms with Gasteiger partial charge in [-0.1, -0.05) is 12.1 Å². The fraction of sp³-hybridized carbons (Fsp3) is 0.440. The molecule has 1 heterocycles. The highest BCUT2D eigenvalue weighted by Crippen LogP contribution is 2.30. The normalized spacial score (nSPS) is 18.8. The lowest BCUT2D eigenvalue weighted by molar-refractivity contribution is 0.0729. The van der Waals surface area contributed by atoms with Crippen LogP contribution in [0.5, 0.6) is 0 Å². The number of amides is 2. The van der Waals surface area contributed by atoms with Crippen molar-refractivity contribution in [2.45, 2.75) is 62.0 Å². The smallest absolute Gasteiger partial charge is 0.254 e. The Balaban J connectivity index is 1.27. The fourth-order valence-corrected chi connectivity index (χ4v) is 5.74. The van der Waals surface area contributed by atoms with Gasteiger partial charge < -0.3 is 10.2 Å². The van der Waals surface area contributed by atoms with Crippen LogP contribution >= 0.6 is 0 Å². The van der Waals surface area contributed by atoms with Crippen molar-refractivity contribution in [3.8, 4) is 0 Å². The van der Waals surface area contributed by atoms with Gasteiger partial charge in [0.25, 0.3) is 11.8 Å². The maximum atomic E-state index is 13.3. The molecular formula is C25H29N3O4S. The summed E-state index contributed by atoms with van der Waals surface area (Å²) in [6.45, 7) is 1.57. The third-order valence-electron chi connectivity index (χ3n) is 6.53. The van der Waals surface area contributed by atoms with E-state index >= 15 is 0 Å². The van der Waals surface area contributed by atoms with Gasteiger partial charge in [-0.3, -0.25) is 9.59 Å². The Morgan fingerprint density at radius 1 is 0.879 bits per heavy atom. The first kappa shape index (κ1) is 22.1. The van der Waals surface area contributed by atoms with Crippen LogP contribution in [-0.2, 0) is 16.6 Å². The van der Waals surface area contributed by atoms with Gasteiger partial charge in [0.1, 0.15) is 0 Å². The van der Waals surface area contributed by atoms with Gasteiger partial charge in [0, 0.05) is 42.8 Å². The molecule has 33 heavy (non-hydrogen) atoms. The van der Waals surface area contributed by atoms with Gasteiger partial charge in [0.15, 0.2) is 0 Å². The highest BCUT2D eigenvalue weighted by atomic mass is 32.2. The van der Waals surface area contributed by atoms with E-state index in [9.17, 15) is 18.0 Å². The first-order chi connectivity index (χ1) is 15.9. The van der Waals surface area contributed by atoms with Gasteiger partial charge in [-0.15, -0.1) is 0 Å². The van der Waals surface area contributed by atoms with Crippen LogP contribution in [0.15, 0.2) is 53.4 Å². The zero-order valence-corrected chi connectivity index (χ0v) is 19.4. The summed E-state index contributed by atoms with van der Waals surface area (Å²) in [5.74, 6) is -0.152. The van der Waals surface area contributed by atoms with Crippen LogP contribution in [0.3, 0.4) is 0 Å². The van der Waals surface area contributed by atoms with Crippen LogP contribution in [0.25, 0.3) is 0 Å². The maximum absolute atomic E-state index is 13.3. The van der Waals surface area contributed by atoms with Crippen LogP contribution in [-0.4, -0.2) is 54.6 Å². The number of nitrogens with one attached hydrogen (secondary N) is 1. The monoisotopic (exact) mass is 467 g/mol. The molecule has 8 heteroatoms. The third kappa shape index (κ3) is 4.96. The molecule has 7 nitrogen and oxygen atoms in total. The van der Waals surface area contributed by atoms with Gasteiger partial charge in [-0.25, -0.2) is 8.42 Å². The van der Waals surface area contributed by atoms with Crippen LogP contribution in [0.2, 0.25) is 0 Å². The minimum atomic E-state index is -3.49.